The predicted octanol–water partition coefficient (Wildman–Crippen LogP) is 6.25. The van der Waals surface area contributed by atoms with Crippen LogP contribution in [-0.4, -0.2) is 41.7 Å². The number of hydrogen-bond donors (Lipinski definition) is 3. The number of rotatable bonds is 9. The third kappa shape index (κ3) is 6.30. The quantitative estimate of drug-likeness (QED) is 0.164. The Morgan fingerprint density at radius 2 is 2.00 bits per heavy atom. The molecule has 0 radical (unpaired) electrons. The number of amides is 1. The van der Waals surface area contributed by atoms with Crippen LogP contribution in [0.3, 0.4) is 0 Å². The van der Waals surface area contributed by atoms with E-state index in [-0.39, 0.29) is 29.4 Å². The Labute approximate surface area is 240 Å². The van der Waals surface area contributed by atoms with Crippen LogP contribution in [0.2, 0.25) is 0 Å². The van der Waals surface area contributed by atoms with Crippen molar-refractivity contribution in [2.24, 2.45) is 16.8 Å². The lowest BCUT2D eigenvalue weighted by molar-refractivity contribution is -0.122. The van der Waals surface area contributed by atoms with Crippen molar-refractivity contribution in [1.82, 2.24) is 15.3 Å². The summed E-state index contributed by atoms with van der Waals surface area (Å²) in [5.74, 6) is 1.13. The number of fused-ring (bicyclic) bond motifs is 1. The van der Waals surface area contributed by atoms with Crippen LogP contribution in [0.15, 0.2) is 59.6 Å². The van der Waals surface area contributed by atoms with Gasteiger partial charge in [-0.15, -0.1) is 0 Å². The number of aryl methyl sites for hydroxylation is 1. The van der Waals surface area contributed by atoms with E-state index in [0.717, 1.165) is 44.3 Å². The maximum absolute atomic E-state index is 15.0. The molecule has 2 atom stereocenters. The van der Waals surface area contributed by atoms with Crippen LogP contribution < -0.4 is 20.7 Å². The van der Waals surface area contributed by atoms with Crippen molar-refractivity contribution in [1.29, 1.82) is 0 Å². The standard InChI is InChI=1S/C32H37FN6O2/c1-5-7-25(27-14-15-36-32(38-27)37-22-16-19(2)17-35-18-22)31(34-4)41-29-20(3)10-11-23-24(29)12-13-26(33)28(23)39-30(40)21-8-6-9-21/h5,7,10-15,19,21-22,35H,4,6,8-9,16-18H2,1-3H3,(H,39,40)(H,36,37,38)/b7-5-,31-25-/t19-,22+/m1/s1. The molecular formula is C32H37FN6O2. The number of aliphatic imine (C=N–C) groups is 1. The van der Waals surface area contributed by atoms with E-state index in [4.69, 9.17) is 9.72 Å². The molecule has 1 amide bonds. The zero-order valence-electron chi connectivity index (χ0n) is 23.8. The Morgan fingerprint density at radius 1 is 1.20 bits per heavy atom. The molecule has 1 saturated carbocycles. The number of aromatic nitrogens is 2. The summed E-state index contributed by atoms with van der Waals surface area (Å²) in [4.78, 5) is 26.1. The van der Waals surface area contributed by atoms with Gasteiger partial charge in [-0.2, -0.15) is 0 Å². The van der Waals surface area contributed by atoms with Crippen LogP contribution in [0.25, 0.3) is 16.3 Å². The summed E-state index contributed by atoms with van der Waals surface area (Å²) in [5.41, 5.74) is 2.23. The van der Waals surface area contributed by atoms with E-state index in [1.165, 1.54) is 6.07 Å². The lowest BCUT2D eigenvalue weighted by atomic mass is 9.84. The van der Waals surface area contributed by atoms with Crippen molar-refractivity contribution in [2.45, 2.75) is 52.5 Å². The van der Waals surface area contributed by atoms with Gasteiger partial charge in [-0.3, -0.25) is 4.79 Å². The maximum Gasteiger partial charge on any atom is 0.228 e. The number of anilines is 2. The molecule has 0 bridgehead atoms. The van der Waals surface area contributed by atoms with Gasteiger partial charge in [-0.1, -0.05) is 37.6 Å². The number of nitrogens with zero attached hydrogens (tertiary/aromatic N) is 3. The van der Waals surface area contributed by atoms with Gasteiger partial charge in [0.2, 0.25) is 17.7 Å². The summed E-state index contributed by atoms with van der Waals surface area (Å²) in [5, 5.41) is 10.9. The van der Waals surface area contributed by atoms with Gasteiger partial charge in [0.05, 0.1) is 17.0 Å². The molecule has 1 aliphatic heterocycles. The first-order valence-electron chi connectivity index (χ1n) is 14.2. The average Bonchev–Trinajstić information content (AvgIpc) is 2.92. The van der Waals surface area contributed by atoms with Crippen molar-refractivity contribution in [3.05, 3.63) is 71.6 Å². The highest BCUT2D eigenvalue weighted by Gasteiger charge is 2.27. The molecule has 214 valence electrons. The number of benzene rings is 2. The molecule has 2 fully saturated rings. The number of halogens is 1. The SMILES string of the molecule is C=N/C(Oc1c(C)ccc2c(NC(=O)C3CCC3)c(F)ccc12)=C(\C=C/C)c1ccnc(N[C@@H]2CNC[C@H](C)C2)n1. The number of allylic oxidation sites excluding steroid dienone is 3. The molecule has 3 aromatic rings. The molecule has 1 saturated heterocycles. The summed E-state index contributed by atoms with van der Waals surface area (Å²) in [7, 11) is 0. The van der Waals surface area contributed by atoms with Gasteiger partial charge in [-0.25, -0.2) is 19.4 Å². The highest BCUT2D eigenvalue weighted by atomic mass is 19.1. The van der Waals surface area contributed by atoms with Gasteiger partial charge < -0.3 is 20.7 Å². The van der Waals surface area contributed by atoms with Crippen LogP contribution >= 0.6 is 0 Å². The second-order valence-electron chi connectivity index (χ2n) is 10.9. The summed E-state index contributed by atoms with van der Waals surface area (Å²) in [6.45, 7) is 11.7. The predicted molar refractivity (Wildman–Crippen MR) is 163 cm³/mol. The fourth-order valence-corrected chi connectivity index (χ4v) is 5.35. The first kappa shape index (κ1) is 28.4. The topological polar surface area (TPSA) is 101 Å². The lowest BCUT2D eigenvalue weighted by Gasteiger charge is -2.28. The van der Waals surface area contributed by atoms with Crippen molar-refractivity contribution in [2.75, 3.05) is 23.7 Å². The summed E-state index contributed by atoms with van der Waals surface area (Å²) < 4.78 is 21.4. The van der Waals surface area contributed by atoms with E-state index in [2.05, 4.69) is 39.6 Å². The molecular weight excluding hydrogens is 519 g/mol. The molecule has 0 spiro atoms. The smallest absolute Gasteiger partial charge is 0.228 e. The Kier molecular flexibility index (Phi) is 8.73. The largest absolute Gasteiger partial charge is 0.437 e. The van der Waals surface area contributed by atoms with Crippen LogP contribution in [-0.2, 0) is 4.79 Å². The molecule has 41 heavy (non-hydrogen) atoms. The summed E-state index contributed by atoms with van der Waals surface area (Å²) in [6, 6.07) is 8.70. The Hall–Kier alpha value is -4.11. The minimum absolute atomic E-state index is 0.0706. The van der Waals surface area contributed by atoms with Gasteiger partial charge in [0, 0.05) is 35.5 Å². The molecule has 2 aliphatic rings. The molecule has 1 aromatic heterocycles. The van der Waals surface area contributed by atoms with E-state index in [1.54, 1.807) is 24.4 Å². The minimum Gasteiger partial charge on any atom is -0.437 e. The Bertz CT molecular complexity index is 1510. The first-order chi connectivity index (χ1) is 19.9. The van der Waals surface area contributed by atoms with E-state index in [1.807, 2.05) is 32.1 Å². The lowest BCUT2D eigenvalue weighted by Crippen LogP contribution is -2.42. The number of piperidine rings is 1. The zero-order valence-corrected chi connectivity index (χ0v) is 23.8. The highest BCUT2D eigenvalue weighted by Crippen LogP contribution is 2.38. The minimum atomic E-state index is -0.490. The maximum atomic E-state index is 15.0. The van der Waals surface area contributed by atoms with Crippen molar-refractivity contribution in [3.8, 4) is 5.75 Å². The van der Waals surface area contributed by atoms with Gasteiger partial charge in [0.15, 0.2) is 0 Å². The van der Waals surface area contributed by atoms with Crippen molar-refractivity contribution < 1.29 is 13.9 Å². The van der Waals surface area contributed by atoms with Crippen molar-refractivity contribution >= 4 is 40.6 Å². The van der Waals surface area contributed by atoms with Crippen molar-refractivity contribution in [3.63, 3.8) is 0 Å². The van der Waals surface area contributed by atoms with E-state index >= 15 is 0 Å². The normalized spacial score (nSPS) is 19.9. The second kappa shape index (κ2) is 12.6. The average molecular weight is 557 g/mol. The van der Waals surface area contributed by atoms with Gasteiger partial charge >= 0.3 is 0 Å². The van der Waals surface area contributed by atoms with E-state index in [0.29, 0.717) is 39.7 Å². The molecule has 2 heterocycles. The number of carbonyl (C=O) groups is 1. The fourth-order valence-electron chi connectivity index (χ4n) is 5.35. The first-order valence-corrected chi connectivity index (χ1v) is 14.2. The van der Waals surface area contributed by atoms with Gasteiger partial charge in [0.1, 0.15) is 11.6 Å². The number of ether oxygens (including phenoxy) is 1. The molecule has 2 aromatic carbocycles. The Balaban J connectivity index is 1.50. The third-order valence-electron chi connectivity index (χ3n) is 7.76. The molecule has 0 unspecified atom stereocenters. The summed E-state index contributed by atoms with van der Waals surface area (Å²) >= 11 is 0. The van der Waals surface area contributed by atoms with Crippen LogP contribution in [0.5, 0.6) is 5.75 Å². The van der Waals surface area contributed by atoms with Crippen LogP contribution in [0.1, 0.15) is 50.8 Å². The number of hydrogen-bond acceptors (Lipinski definition) is 7. The molecule has 3 N–H and O–H groups in total. The Morgan fingerprint density at radius 3 is 2.71 bits per heavy atom. The second-order valence-corrected chi connectivity index (χ2v) is 10.9. The van der Waals surface area contributed by atoms with Crippen LogP contribution in [0, 0.1) is 24.6 Å². The highest BCUT2D eigenvalue weighted by molar-refractivity contribution is 6.05. The summed E-state index contributed by atoms with van der Waals surface area (Å²) in [6.07, 6.45) is 9.16. The molecule has 1 aliphatic carbocycles. The number of nitrogens with one attached hydrogen (secondary N) is 3. The van der Waals surface area contributed by atoms with E-state index < -0.39 is 5.82 Å². The van der Waals surface area contributed by atoms with Gasteiger partial charge in [0.25, 0.3) is 0 Å². The van der Waals surface area contributed by atoms with E-state index in [9.17, 15) is 9.18 Å². The monoisotopic (exact) mass is 556 g/mol. The zero-order chi connectivity index (χ0) is 28.9. The van der Waals surface area contributed by atoms with Crippen LogP contribution in [0.4, 0.5) is 16.0 Å². The molecule has 9 heteroatoms. The molecule has 8 nitrogen and oxygen atoms in total. The van der Waals surface area contributed by atoms with Gasteiger partial charge in [-0.05, 0) is 76.1 Å². The fraction of sp³-hybridized carbons (Fsp3) is 0.375. The molecule has 5 rings (SSSR count). The number of carbonyl (C=O) groups excluding carboxylic acids is 1. The third-order valence-corrected chi connectivity index (χ3v) is 7.76.